The van der Waals surface area contributed by atoms with Crippen molar-refractivity contribution in [3.63, 3.8) is 0 Å². The third-order valence-corrected chi connectivity index (χ3v) is 7.45. The molecule has 0 aliphatic rings. The van der Waals surface area contributed by atoms with E-state index in [-0.39, 0.29) is 74.3 Å². The maximum Gasteiger partial charge on any atom is 0.333 e. The fraction of sp³-hybridized carbons (Fsp3) is 0.750. The summed E-state index contributed by atoms with van der Waals surface area (Å²) in [4.78, 5) is 34.7. The minimum atomic E-state index is -0.890. The largest absolute Gasteiger partial charge is 0.460 e. The maximum absolute atomic E-state index is 11.6. The molecule has 0 aliphatic carbocycles. The van der Waals surface area contributed by atoms with Crippen molar-refractivity contribution >= 4 is 17.9 Å². The second-order valence-electron chi connectivity index (χ2n) is 13.4. The number of carbonyl (C=O) groups is 3. The standard InChI is InChI=1S/C36H65N3O12/c1-11-36(21-46-15-27(8)37-12-30(40)18-49-33(43)24(2)3,22-47-16-28(9)38-13-31(41)19-50-34(44)25(4)5)23-48-17-29(10)39-14-32(42)20-51-35(45)26(6)7/h27-32,37-42H,2,4,6,11-23H2,1,3,5,7-10H3. The molecule has 0 aromatic heterocycles. The van der Waals surface area contributed by atoms with Gasteiger partial charge in [-0.25, -0.2) is 14.4 Å². The molecule has 0 heterocycles. The second kappa shape index (κ2) is 27.0. The first-order valence-corrected chi connectivity index (χ1v) is 17.4. The van der Waals surface area contributed by atoms with Gasteiger partial charge >= 0.3 is 17.9 Å². The van der Waals surface area contributed by atoms with Crippen molar-refractivity contribution < 1.29 is 58.1 Å². The van der Waals surface area contributed by atoms with Gasteiger partial charge in [-0.15, -0.1) is 0 Å². The molecule has 6 N–H and O–H groups in total. The van der Waals surface area contributed by atoms with Gasteiger partial charge in [0.2, 0.25) is 0 Å². The van der Waals surface area contributed by atoms with E-state index in [9.17, 15) is 29.7 Å². The molecule has 15 heteroatoms. The van der Waals surface area contributed by atoms with E-state index in [1.165, 1.54) is 20.8 Å². The second-order valence-corrected chi connectivity index (χ2v) is 13.4. The van der Waals surface area contributed by atoms with Crippen LogP contribution in [0.1, 0.15) is 54.9 Å². The van der Waals surface area contributed by atoms with Crippen LogP contribution in [0.3, 0.4) is 0 Å². The van der Waals surface area contributed by atoms with Crippen molar-refractivity contribution in [2.24, 2.45) is 5.41 Å². The van der Waals surface area contributed by atoms with E-state index < -0.39 is 41.6 Å². The molecule has 0 spiro atoms. The van der Waals surface area contributed by atoms with Crippen molar-refractivity contribution in [2.45, 2.75) is 91.3 Å². The van der Waals surface area contributed by atoms with E-state index in [0.29, 0.717) is 46.1 Å². The zero-order valence-electron chi connectivity index (χ0n) is 31.8. The zero-order chi connectivity index (χ0) is 39.0. The van der Waals surface area contributed by atoms with Crippen LogP contribution in [0.25, 0.3) is 0 Å². The summed E-state index contributed by atoms with van der Waals surface area (Å²) >= 11 is 0. The Balaban J connectivity index is 5.05. The SMILES string of the molecule is C=C(C)C(=O)OCC(O)CNC(C)COCC(CC)(COCC(C)NCC(O)COC(=O)C(=C)C)COCC(C)NCC(O)COC(=O)C(=C)C. The molecule has 15 nitrogen and oxygen atoms in total. The number of aliphatic hydroxyl groups excluding tert-OH is 3. The van der Waals surface area contributed by atoms with Gasteiger partial charge in [0, 0.05) is 59.9 Å². The highest BCUT2D eigenvalue weighted by molar-refractivity contribution is 5.87. The number of nitrogens with one attached hydrogen (secondary N) is 3. The third-order valence-electron chi connectivity index (χ3n) is 7.45. The van der Waals surface area contributed by atoms with E-state index >= 15 is 0 Å². The number of hydrogen-bond acceptors (Lipinski definition) is 15. The number of ether oxygens (including phenoxy) is 6. The quantitative estimate of drug-likeness (QED) is 0.0332. The Bertz CT molecular complexity index is 946. The summed E-state index contributed by atoms with van der Waals surface area (Å²) in [5, 5.41) is 40.0. The predicted molar refractivity (Wildman–Crippen MR) is 193 cm³/mol. The highest BCUT2D eigenvalue weighted by atomic mass is 16.6. The Kier molecular flexibility index (Phi) is 25.5. The summed E-state index contributed by atoms with van der Waals surface area (Å²) in [7, 11) is 0. The van der Waals surface area contributed by atoms with Crippen LogP contribution in [0.5, 0.6) is 0 Å². The van der Waals surface area contributed by atoms with Gasteiger partial charge in [-0.3, -0.25) is 0 Å². The zero-order valence-corrected chi connectivity index (χ0v) is 31.8. The number of carbonyl (C=O) groups excluding carboxylic acids is 3. The van der Waals surface area contributed by atoms with Crippen LogP contribution in [0.15, 0.2) is 36.5 Å². The van der Waals surface area contributed by atoms with Crippen LogP contribution in [0, 0.1) is 5.41 Å². The fourth-order valence-corrected chi connectivity index (χ4v) is 4.04. The maximum atomic E-state index is 11.6. The first-order valence-electron chi connectivity index (χ1n) is 17.4. The van der Waals surface area contributed by atoms with E-state index in [4.69, 9.17) is 28.4 Å². The summed E-state index contributed by atoms with van der Waals surface area (Å²) in [5.41, 5.74) is 0.268. The smallest absolute Gasteiger partial charge is 0.333 e. The molecule has 296 valence electrons. The molecule has 0 amide bonds. The monoisotopic (exact) mass is 731 g/mol. The Morgan fingerprint density at radius 1 is 0.549 bits per heavy atom. The van der Waals surface area contributed by atoms with Gasteiger partial charge in [0.15, 0.2) is 0 Å². The van der Waals surface area contributed by atoms with Gasteiger partial charge in [-0.05, 0) is 48.0 Å². The molecule has 6 atom stereocenters. The van der Waals surface area contributed by atoms with Crippen LogP contribution in [0.4, 0.5) is 0 Å². The first-order chi connectivity index (χ1) is 23.9. The molecule has 0 aromatic rings. The lowest BCUT2D eigenvalue weighted by molar-refractivity contribution is -0.142. The summed E-state index contributed by atoms with van der Waals surface area (Å²) in [5.74, 6) is -1.67. The van der Waals surface area contributed by atoms with Crippen LogP contribution >= 0.6 is 0 Å². The molecular formula is C36H65N3O12. The average Bonchev–Trinajstić information content (AvgIpc) is 3.08. The molecular weight excluding hydrogens is 666 g/mol. The molecule has 0 radical (unpaired) electrons. The molecule has 0 saturated heterocycles. The molecule has 0 rings (SSSR count). The van der Waals surface area contributed by atoms with Gasteiger partial charge in [-0.2, -0.15) is 0 Å². The van der Waals surface area contributed by atoms with Crippen LogP contribution < -0.4 is 16.0 Å². The minimum absolute atomic E-state index is 0.122. The van der Waals surface area contributed by atoms with Crippen molar-refractivity contribution in [2.75, 3.05) is 79.1 Å². The number of esters is 3. The van der Waals surface area contributed by atoms with E-state index in [1.807, 2.05) is 27.7 Å². The highest BCUT2D eigenvalue weighted by Gasteiger charge is 2.31. The van der Waals surface area contributed by atoms with Crippen molar-refractivity contribution in [3.05, 3.63) is 36.5 Å². The summed E-state index contributed by atoms with van der Waals surface area (Å²) in [6.07, 6.45) is -2.00. The van der Waals surface area contributed by atoms with Crippen molar-refractivity contribution in [3.8, 4) is 0 Å². The van der Waals surface area contributed by atoms with Gasteiger partial charge in [-0.1, -0.05) is 26.7 Å². The van der Waals surface area contributed by atoms with Crippen molar-refractivity contribution in [1.82, 2.24) is 16.0 Å². The normalized spacial score (nSPS) is 16.1. The van der Waals surface area contributed by atoms with Crippen molar-refractivity contribution in [1.29, 1.82) is 0 Å². The van der Waals surface area contributed by atoms with Gasteiger partial charge in [0.05, 0.1) is 39.6 Å². The fourth-order valence-electron chi connectivity index (χ4n) is 4.04. The Morgan fingerprint density at radius 2 is 0.804 bits per heavy atom. The summed E-state index contributed by atoms with van der Waals surface area (Å²) in [6, 6.07) is -0.365. The van der Waals surface area contributed by atoms with Gasteiger partial charge in [0.1, 0.15) is 38.1 Å². The molecule has 0 bridgehead atoms. The molecule has 6 unspecified atom stereocenters. The minimum Gasteiger partial charge on any atom is -0.460 e. The lowest BCUT2D eigenvalue weighted by Gasteiger charge is -2.33. The third kappa shape index (κ3) is 24.2. The van der Waals surface area contributed by atoms with Crippen LogP contribution in [-0.2, 0) is 42.8 Å². The van der Waals surface area contributed by atoms with E-state index in [1.54, 1.807) is 0 Å². The Labute approximate surface area is 304 Å². The molecule has 0 saturated carbocycles. The summed E-state index contributed by atoms with van der Waals surface area (Å²) in [6.45, 7) is 25.0. The number of aliphatic hydroxyl groups is 3. The molecule has 51 heavy (non-hydrogen) atoms. The number of hydrogen-bond donors (Lipinski definition) is 6. The van der Waals surface area contributed by atoms with Crippen LogP contribution in [-0.4, -0.2) is 149 Å². The molecule has 0 fully saturated rings. The van der Waals surface area contributed by atoms with E-state index in [0.717, 1.165) is 0 Å². The highest BCUT2D eigenvalue weighted by Crippen LogP contribution is 2.24. The Morgan fingerprint density at radius 3 is 1.02 bits per heavy atom. The van der Waals surface area contributed by atoms with E-state index in [2.05, 4.69) is 35.7 Å². The lowest BCUT2D eigenvalue weighted by atomic mass is 9.88. The average molecular weight is 732 g/mol. The molecule has 0 aromatic carbocycles. The van der Waals surface area contributed by atoms with Gasteiger partial charge < -0.3 is 59.7 Å². The molecule has 0 aliphatic heterocycles. The van der Waals surface area contributed by atoms with Gasteiger partial charge in [0.25, 0.3) is 0 Å². The lowest BCUT2D eigenvalue weighted by Crippen LogP contribution is -2.43. The first kappa shape index (κ1) is 48.3. The Hall–Kier alpha value is -2.73. The topological polar surface area (TPSA) is 203 Å². The predicted octanol–water partition coefficient (Wildman–Crippen LogP) is 0.808. The number of rotatable bonds is 31. The summed E-state index contributed by atoms with van der Waals surface area (Å²) < 4.78 is 33.3. The van der Waals surface area contributed by atoms with Crippen LogP contribution in [0.2, 0.25) is 0 Å².